The van der Waals surface area contributed by atoms with Crippen molar-refractivity contribution in [2.24, 2.45) is 5.92 Å². The number of fused-ring (bicyclic) bond motifs is 1. The van der Waals surface area contributed by atoms with Crippen LogP contribution >= 0.6 is 0 Å². The van der Waals surface area contributed by atoms with E-state index in [0.29, 0.717) is 18.0 Å². The van der Waals surface area contributed by atoms with Gasteiger partial charge in [-0.3, -0.25) is 9.59 Å². The zero-order valence-electron chi connectivity index (χ0n) is 10.5. The topological polar surface area (TPSA) is 37.4 Å². The monoisotopic (exact) mass is 231 g/mol. The van der Waals surface area contributed by atoms with Gasteiger partial charge in [0.1, 0.15) is 0 Å². The van der Waals surface area contributed by atoms with E-state index >= 15 is 0 Å². The number of anilines is 1. The van der Waals surface area contributed by atoms with Gasteiger partial charge in [0.05, 0.1) is 11.3 Å². The summed E-state index contributed by atoms with van der Waals surface area (Å²) in [5, 5.41) is 0. The highest BCUT2D eigenvalue weighted by molar-refractivity contribution is 6.52. The lowest BCUT2D eigenvalue weighted by Crippen LogP contribution is -2.33. The second-order valence-electron chi connectivity index (χ2n) is 4.78. The average Bonchev–Trinajstić information content (AvgIpc) is 2.54. The van der Waals surface area contributed by atoms with Crippen molar-refractivity contribution in [2.75, 3.05) is 11.4 Å². The molecule has 1 aromatic carbocycles. The van der Waals surface area contributed by atoms with Crippen LogP contribution in [0.4, 0.5) is 5.69 Å². The summed E-state index contributed by atoms with van der Waals surface area (Å²) in [5.74, 6) is -0.350. The Morgan fingerprint density at radius 1 is 1.29 bits per heavy atom. The van der Waals surface area contributed by atoms with E-state index in [1.165, 1.54) is 0 Å². The van der Waals surface area contributed by atoms with Gasteiger partial charge in [-0.15, -0.1) is 0 Å². The van der Waals surface area contributed by atoms with Crippen molar-refractivity contribution in [1.82, 2.24) is 0 Å². The van der Waals surface area contributed by atoms with Gasteiger partial charge in [0.25, 0.3) is 11.7 Å². The van der Waals surface area contributed by atoms with Crippen LogP contribution in [0.5, 0.6) is 0 Å². The van der Waals surface area contributed by atoms with Crippen LogP contribution in [-0.4, -0.2) is 18.2 Å². The Morgan fingerprint density at radius 3 is 2.65 bits per heavy atom. The molecule has 1 atom stereocenters. The van der Waals surface area contributed by atoms with Gasteiger partial charge >= 0.3 is 0 Å². The summed E-state index contributed by atoms with van der Waals surface area (Å²) in [7, 11) is 0. The zero-order valence-corrected chi connectivity index (χ0v) is 10.5. The minimum Gasteiger partial charge on any atom is -0.304 e. The Morgan fingerprint density at radius 2 is 2.00 bits per heavy atom. The number of ketones is 1. The highest BCUT2D eigenvalue weighted by Crippen LogP contribution is 2.30. The molecule has 0 bridgehead atoms. The predicted octanol–water partition coefficient (Wildman–Crippen LogP) is 2.57. The molecule has 1 unspecified atom stereocenters. The van der Waals surface area contributed by atoms with Crippen molar-refractivity contribution in [3.05, 3.63) is 29.3 Å². The SMILES string of the molecule is CCC(C)CN1C(=O)C(=O)c2cc(C)ccc21. The average molecular weight is 231 g/mol. The highest BCUT2D eigenvalue weighted by atomic mass is 16.2. The van der Waals surface area contributed by atoms with Gasteiger partial charge in [0.2, 0.25) is 0 Å². The Balaban J connectivity index is 2.38. The molecule has 3 heteroatoms. The number of carbonyl (C=O) groups is 2. The quantitative estimate of drug-likeness (QED) is 0.750. The third-order valence-electron chi connectivity index (χ3n) is 3.32. The van der Waals surface area contributed by atoms with Crippen LogP contribution in [0, 0.1) is 12.8 Å². The molecular weight excluding hydrogens is 214 g/mol. The van der Waals surface area contributed by atoms with Gasteiger partial charge in [-0.1, -0.05) is 31.9 Å². The molecular formula is C14H17NO2. The van der Waals surface area contributed by atoms with Gasteiger partial charge in [0, 0.05) is 6.54 Å². The number of Topliss-reactive ketones (excluding diaryl/α,β-unsaturated/α-hetero) is 1. The number of benzene rings is 1. The van der Waals surface area contributed by atoms with E-state index in [2.05, 4.69) is 13.8 Å². The molecule has 90 valence electrons. The highest BCUT2D eigenvalue weighted by Gasteiger charge is 2.35. The van der Waals surface area contributed by atoms with E-state index in [0.717, 1.165) is 17.7 Å². The molecule has 0 aliphatic carbocycles. The third-order valence-corrected chi connectivity index (χ3v) is 3.32. The molecule has 1 aliphatic heterocycles. The van der Waals surface area contributed by atoms with E-state index in [-0.39, 0.29) is 11.7 Å². The second kappa shape index (κ2) is 4.32. The van der Waals surface area contributed by atoms with Crippen molar-refractivity contribution < 1.29 is 9.59 Å². The van der Waals surface area contributed by atoms with Crippen LogP contribution in [0.1, 0.15) is 36.2 Å². The molecule has 0 N–H and O–H groups in total. The first-order valence-corrected chi connectivity index (χ1v) is 6.01. The van der Waals surface area contributed by atoms with Crippen LogP contribution in [0.15, 0.2) is 18.2 Å². The first-order valence-electron chi connectivity index (χ1n) is 6.01. The van der Waals surface area contributed by atoms with Gasteiger partial charge in [0.15, 0.2) is 0 Å². The van der Waals surface area contributed by atoms with Gasteiger partial charge < -0.3 is 4.90 Å². The van der Waals surface area contributed by atoms with Crippen LogP contribution in [-0.2, 0) is 4.79 Å². The van der Waals surface area contributed by atoms with E-state index < -0.39 is 0 Å². The molecule has 1 aromatic rings. The molecule has 0 radical (unpaired) electrons. The summed E-state index contributed by atoms with van der Waals surface area (Å²) in [6, 6.07) is 5.61. The maximum absolute atomic E-state index is 11.9. The number of hydrogen-bond acceptors (Lipinski definition) is 2. The van der Waals surface area contributed by atoms with Gasteiger partial charge in [-0.2, -0.15) is 0 Å². The molecule has 2 rings (SSSR count). The molecule has 1 amide bonds. The van der Waals surface area contributed by atoms with Crippen molar-refractivity contribution in [3.63, 3.8) is 0 Å². The number of carbonyl (C=O) groups excluding carboxylic acids is 2. The van der Waals surface area contributed by atoms with Crippen molar-refractivity contribution >= 4 is 17.4 Å². The smallest absolute Gasteiger partial charge is 0.299 e. The predicted molar refractivity (Wildman–Crippen MR) is 67.3 cm³/mol. The lowest BCUT2D eigenvalue weighted by Gasteiger charge is -2.20. The number of aryl methyl sites for hydroxylation is 1. The maximum atomic E-state index is 11.9. The fraction of sp³-hybridized carbons (Fsp3) is 0.429. The van der Waals surface area contributed by atoms with Crippen molar-refractivity contribution in [3.8, 4) is 0 Å². The Hall–Kier alpha value is -1.64. The van der Waals surface area contributed by atoms with Gasteiger partial charge in [-0.25, -0.2) is 0 Å². The van der Waals surface area contributed by atoms with Crippen LogP contribution < -0.4 is 4.90 Å². The largest absolute Gasteiger partial charge is 0.304 e. The van der Waals surface area contributed by atoms with E-state index in [9.17, 15) is 9.59 Å². The maximum Gasteiger partial charge on any atom is 0.299 e. The Kier molecular flexibility index (Phi) is 3.01. The minimum absolute atomic E-state index is 0.369. The van der Waals surface area contributed by atoms with Crippen LogP contribution in [0.25, 0.3) is 0 Å². The van der Waals surface area contributed by atoms with Crippen molar-refractivity contribution in [1.29, 1.82) is 0 Å². The Labute approximate surface area is 101 Å². The molecule has 0 saturated carbocycles. The minimum atomic E-state index is -0.383. The summed E-state index contributed by atoms with van der Waals surface area (Å²) in [4.78, 5) is 25.4. The number of hydrogen-bond donors (Lipinski definition) is 0. The summed E-state index contributed by atoms with van der Waals surface area (Å²) in [5.41, 5.74) is 2.33. The molecule has 0 fully saturated rings. The molecule has 17 heavy (non-hydrogen) atoms. The van der Waals surface area contributed by atoms with E-state index in [1.807, 2.05) is 19.1 Å². The molecule has 3 nitrogen and oxygen atoms in total. The van der Waals surface area contributed by atoms with E-state index in [1.54, 1.807) is 11.0 Å². The molecule has 0 saturated heterocycles. The van der Waals surface area contributed by atoms with Gasteiger partial charge in [-0.05, 0) is 25.0 Å². The summed E-state index contributed by atoms with van der Waals surface area (Å²) < 4.78 is 0. The lowest BCUT2D eigenvalue weighted by atomic mass is 10.1. The summed E-state index contributed by atoms with van der Waals surface area (Å²) in [6.45, 7) is 6.72. The fourth-order valence-electron chi connectivity index (χ4n) is 2.04. The summed E-state index contributed by atoms with van der Waals surface area (Å²) in [6.07, 6.45) is 0.999. The third kappa shape index (κ3) is 1.97. The molecule has 1 aliphatic rings. The standard InChI is InChI=1S/C14H17NO2/c1-4-9(2)8-15-12-6-5-10(3)7-11(12)13(16)14(15)17/h5-7,9H,4,8H2,1-3H3. The normalized spacial score (nSPS) is 16.3. The lowest BCUT2D eigenvalue weighted by molar-refractivity contribution is -0.114. The van der Waals surface area contributed by atoms with Crippen LogP contribution in [0.3, 0.4) is 0 Å². The van der Waals surface area contributed by atoms with Crippen LogP contribution in [0.2, 0.25) is 0 Å². The zero-order chi connectivity index (χ0) is 12.6. The number of amides is 1. The van der Waals surface area contributed by atoms with Crippen molar-refractivity contribution in [2.45, 2.75) is 27.2 Å². The summed E-state index contributed by atoms with van der Waals surface area (Å²) >= 11 is 0. The second-order valence-corrected chi connectivity index (χ2v) is 4.78. The molecule has 1 heterocycles. The first-order chi connectivity index (χ1) is 8.04. The molecule has 0 spiro atoms. The number of rotatable bonds is 3. The fourth-order valence-corrected chi connectivity index (χ4v) is 2.04. The Bertz CT molecular complexity index is 479. The number of nitrogens with zero attached hydrogens (tertiary/aromatic N) is 1. The molecule has 0 aromatic heterocycles. The van der Waals surface area contributed by atoms with E-state index in [4.69, 9.17) is 0 Å². The first kappa shape index (κ1) is 11.8.